The van der Waals surface area contributed by atoms with Gasteiger partial charge in [-0.25, -0.2) is 8.42 Å². The summed E-state index contributed by atoms with van der Waals surface area (Å²) in [6.45, 7) is 2.16. The number of ether oxygens (including phenoxy) is 3. The second kappa shape index (κ2) is 11.1. The van der Waals surface area contributed by atoms with Gasteiger partial charge in [0.15, 0.2) is 4.80 Å². The van der Waals surface area contributed by atoms with Crippen molar-refractivity contribution in [2.75, 3.05) is 33.9 Å². The van der Waals surface area contributed by atoms with E-state index in [0.717, 1.165) is 11.3 Å². The number of carbonyl (C=O) groups is 2. The monoisotopic (exact) mass is 553 g/mol. The number of benzene rings is 1. The molecule has 1 atom stereocenters. The maximum Gasteiger partial charge on any atom is 0.326 e. The predicted octanol–water partition coefficient (Wildman–Crippen LogP) is 2.87. The van der Waals surface area contributed by atoms with Gasteiger partial charge in [-0.15, -0.1) is 11.3 Å². The first-order valence-corrected chi connectivity index (χ1v) is 14.5. The molecule has 0 radical (unpaired) electrons. The van der Waals surface area contributed by atoms with Crippen molar-refractivity contribution in [1.29, 1.82) is 0 Å². The number of esters is 1. The molecule has 3 heterocycles. The molecule has 10 nitrogen and oxygen atoms in total. The van der Waals surface area contributed by atoms with E-state index in [1.54, 1.807) is 41.1 Å². The lowest BCUT2D eigenvalue weighted by Gasteiger charge is -2.29. The topological polar surface area (TPSA) is 116 Å². The lowest BCUT2D eigenvalue weighted by molar-refractivity contribution is -0.143. The van der Waals surface area contributed by atoms with Crippen LogP contribution >= 0.6 is 22.7 Å². The molecule has 0 N–H and O–H groups in total. The molecule has 1 amide bonds. The highest BCUT2D eigenvalue weighted by molar-refractivity contribution is 7.91. The maximum absolute atomic E-state index is 13.3. The van der Waals surface area contributed by atoms with Crippen LogP contribution in [0.3, 0.4) is 0 Å². The molecule has 1 saturated heterocycles. The number of nitrogens with zero attached hydrogens (tertiary/aromatic N) is 3. The average molecular weight is 554 g/mol. The highest BCUT2D eigenvalue weighted by Crippen LogP contribution is 2.35. The van der Waals surface area contributed by atoms with E-state index in [9.17, 15) is 18.0 Å². The molecule has 0 saturated carbocycles. The van der Waals surface area contributed by atoms with Crippen LogP contribution in [0, 0.1) is 5.92 Å². The number of rotatable bonds is 8. The van der Waals surface area contributed by atoms with Crippen LogP contribution in [0.25, 0.3) is 10.2 Å². The Labute approximate surface area is 216 Å². The summed E-state index contributed by atoms with van der Waals surface area (Å²) in [5, 5.41) is 1.71. The number of methoxy groups -OCH3 is 2. The number of sulfonamides is 1. The predicted molar refractivity (Wildman–Crippen MR) is 136 cm³/mol. The highest BCUT2D eigenvalue weighted by atomic mass is 32.2. The summed E-state index contributed by atoms with van der Waals surface area (Å²) in [6.07, 6.45) is 1.07. The zero-order valence-electron chi connectivity index (χ0n) is 20.1. The van der Waals surface area contributed by atoms with E-state index in [2.05, 4.69) is 4.99 Å². The van der Waals surface area contributed by atoms with E-state index in [-0.39, 0.29) is 28.7 Å². The minimum Gasteiger partial charge on any atom is -0.495 e. The summed E-state index contributed by atoms with van der Waals surface area (Å²) < 4.78 is 45.9. The van der Waals surface area contributed by atoms with E-state index < -0.39 is 27.8 Å². The third-order valence-corrected chi connectivity index (χ3v) is 10.1. The molecular formula is C23H27N3O7S3. The molecule has 1 aromatic carbocycles. The summed E-state index contributed by atoms with van der Waals surface area (Å²) in [5.74, 6) is -0.483. The third kappa shape index (κ3) is 5.19. The molecule has 36 heavy (non-hydrogen) atoms. The zero-order valence-corrected chi connectivity index (χ0v) is 22.6. The molecule has 0 aliphatic carbocycles. The molecule has 3 aromatic rings. The molecule has 1 aliphatic heterocycles. The van der Waals surface area contributed by atoms with Crippen molar-refractivity contribution >= 4 is 54.8 Å². The molecule has 1 unspecified atom stereocenters. The average Bonchev–Trinajstić information content (AvgIpc) is 3.53. The molecule has 1 aliphatic rings. The van der Waals surface area contributed by atoms with Crippen molar-refractivity contribution in [2.45, 2.75) is 30.5 Å². The molecule has 13 heteroatoms. The minimum absolute atomic E-state index is 0.0536. The quantitative estimate of drug-likeness (QED) is 0.394. The molecule has 0 bridgehead atoms. The van der Waals surface area contributed by atoms with Crippen molar-refractivity contribution in [3.05, 3.63) is 34.4 Å². The largest absolute Gasteiger partial charge is 0.495 e. The SMILES string of the molecule is CCOC(=O)Cn1c(=NC(=O)C2CCCN(S(=O)(=O)c3cccs3)C2)sc2c(OC)ccc(OC)c21. The number of piperidine rings is 1. The van der Waals surface area contributed by atoms with Gasteiger partial charge in [0.05, 0.1) is 26.7 Å². The Bertz CT molecular complexity index is 1420. The zero-order chi connectivity index (χ0) is 25.9. The van der Waals surface area contributed by atoms with Crippen molar-refractivity contribution in [3.63, 3.8) is 0 Å². The van der Waals surface area contributed by atoms with Crippen molar-refractivity contribution in [2.24, 2.45) is 10.9 Å². The van der Waals surface area contributed by atoms with Gasteiger partial charge in [-0.1, -0.05) is 17.4 Å². The van der Waals surface area contributed by atoms with E-state index >= 15 is 0 Å². The van der Waals surface area contributed by atoms with Crippen LogP contribution in [0.15, 0.2) is 38.8 Å². The number of hydrogen-bond acceptors (Lipinski definition) is 9. The first-order valence-electron chi connectivity index (χ1n) is 11.3. The van der Waals surface area contributed by atoms with Crippen LogP contribution in [-0.2, 0) is 30.9 Å². The van der Waals surface area contributed by atoms with Gasteiger partial charge in [-0.05, 0) is 43.3 Å². The molecule has 0 spiro atoms. The number of aromatic nitrogens is 1. The Hall–Kier alpha value is -2.74. The molecule has 1 fully saturated rings. The first-order chi connectivity index (χ1) is 17.3. The Balaban J connectivity index is 1.73. The van der Waals surface area contributed by atoms with Gasteiger partial charge >= 0.3 is 5.97 Å². The van der Waals surface area contributed by atoms with E-state index in [0.29, 0.717) is 41.1 Å². The second-order valence-corrected chi connectivity index (χ2v) is 12.1. The van der Waals surface area contributed by atoms with Crippen molar-refractivity contribution < 1.29 is 32.2 Å². The van der Waals surface area contributed by atoms with Gasteiger partial charge in [0, 0.05) is 13.1 Å². The van der Waals surface area contributed by atoms with Crippen LogP contribution in [-0.4, -0.2) is 63.1 Å². The summed E-state index contributed by atoms with van der Waals surface area (Å²) in [5.41, 5.74) is 0.562. The fourth-order valence-electron chi connectivity index (χ4n) is 4.11. The maximum atomic E-state index is 13.3. The fourth-order valence-corrected chi connectivity index (χ4v) is 7.92. The Morgan fingerprint density at radius 3 is 2.58 bits per heavy atom. The molecule has 2 aromatic heterocycles. The molecule has 4 rings (SSSR count). The number of hydrogen-bond donors (Lipinski definition) is 0. The van der Waals surface area contributed by atoms with Gasteiger partial charge in [0.25, 0.3) is 15.9 Å². The smallest absolute Gasteiger partial charge is 0.326 e. The van der Waals surface area contributed by atoms with Crippen LogP contribution in [0.4, 0.5) is 0 Å². The van der Waals surface area contributed by atoms with Crippen LogP contribution in [0.1, 0.15) is 19.8 Å². The third-order valence-electron chi connectivity index (χ3n) is 5.81. The van der Waals surface area contributed by atoms with Crippen LogP contribution in [0.2, 0.25) is 0 Å². The van der Waals surface area contributed by atoms with Crippen molar-refractivity contribution in [1.82, 2.24) is 8.87 Å². The van der Waals surface area contributed by atoms with E-state index in [4.69, 9.17) is 14.2 Å². The van der Waals surface area contributed by atoms with E-state index in [1.165, 1.54) is 29.9 Å². The summed E-state index contributed by atoms with van der Waals surface area (Å²) in [4.78, 5) is 30.4. The Morgan fingerprint density at radius 1 is 1.17 bits per heavy atom. The highest BCUT2D eigenvalue weighted by Gasteiger charge is 2.34. The lowest BCUT2D eigenvalue weighted by atomic mass is 9.99. The standard InChI is InChI=1S/C23H27N3O7S3/c1-4-33-18(27)14-26-20-16(31-2)9-10-17(32-3)21(20)35-23(26)24-22(28)15-7-5-11-25(13-15)36(29,30)19-8-6-12-34-19/h6,8-10,12,15H,4-5,7,11,13-14H2,1-3H3. The summed E-state index contributed by atoms with van der Waals surface area (Å²) in [7, 11) is -0.621. The first kappa shape index (κ1) is 26.3. The van der Waals surface area contributed by atoms with Gasteiger partial charge in [0.1, 0.15) is 32.5 Å². The second-order valence-electron chi connectivity index (χ2n) is 8.01. The minimum atomic E-state index is -3.67. The summed E-state index contributed by atoms with van der Waals surface area (Å²) >= 11 is 2.34. The number of fused-ring (bicyclic) bond motifs is 1. The van der Waals surface area contributed by atoms with E-state index in [1.807, 2.05) is 0 Å². The number of thiazole rings is 1. The summed E-state index contributed by atoms with van der Waals surface area (Å²) in [6, 6.07) is 6.71. The number of thiophene rings is 1. The van der Waals surface area contributed by atoms with Crippen LogP contribution in [0.5, 0.6) is 11.5 Å². The number of amides is 1. The normalized spacial score (nSPS) is 17.3. The van der Waals surface area contributed by atoms with Crippen molar-refractivity contribution in [3.8, 4) is 11.5 Å². The van der Waals surface area contributed by atoms with Gasteiger partial charge in [-0.2, -0.15) is 9.30 Å². The molecule has 194 valence electrons. The molecular weight excluding hydrogens is 526 g/mol. The van der Waals surface area contributed by atoms with Gasteiger partial charge in [0.2, 0.25) is 0 Å². The number of carbonyl (C=O) groups excluding carboxylic acids is 2. The van der Waals surface area contributed by atoms with Gasteiger partial charge in [-0.3, -0.25) is 9.59 Å². The fraction of sp³-hybridized carbons (Fsp3) is 0.435. The Kier molecular flexibility index (Phi) is 8.13. The lowest BCUT2D eigenvalue weighted by Crippen LogP contribution is -2.42. The van der Waals surface area contributed by atoms with Crippen LogP contribution < -0.4 is 14.3 Å². The van der Waals surface area contributed by atoms with Gasteiger partial charge < -0.3 is 18.8 Å². The Morgan fingerprint density at radius 2 is 1.92 bits per heavy atom.